The van der Waals surface area contributed by atoms with Crippen molar-refractivity contribution in [3.05, 3.63) is 23.9 Å². The Morgan fingerprint density at radius 2 is 2.18 bits per heavy atom. The molecule has 0 aliphatic rings. The molecule has 0 aliphatic heterocycles. The van der Waals surface area contributed by atoms with Crippen LogP contribution in [0, 0.1) is 11.3 Å². The van der Waals surface area contributed by atoms with Gasteiger partial charge in [-0.25, -0.2) is 9.78 Å². The minimum absolute atomic E-state index is 0.0582. The number of carbonyl (C=O) groups excluding carboxylic acids is 1. The van der Waals surface area contributed by atoms with Crippen LogP contribution in [0.5, 0.6) is 0 Å². The maximum Gasteiger partial charge on any atom is 0.329 e. The van der Waals surface area contributed by atoms with Gasteiger partial charge in [0.15, 0.2) is 0 Å². The number of aromatic nitrogens is 1. The molecular weight excluding hydrogens is 286 g/mol. The molecule has 0 unspecified atom stereocenters. The number of anilines is 1. The molecule has 0 spiro atoms. The average Bonchev–Trinajstić information content (AvgIpc) is 2.41. The predicted octanol–water partition coefficient (Wildman–Crippen LogP) is 1.94. The molecule has 7 nitrogen and oxygen atoms in total. The monoisotopic (exact) mass is 305 g/mol. The van der Waals surface area contributed by atoms with Crippen molar-refractivity contribution in [3.63, 3.8) is 0 Å². The lowest BCUT2D eigenvalue weighted by molar-refractivity contribution is -0.156. The zero-order valence-corrected chi connectivity index (χ0v) is 12.8. The van der Waals surface area contributed by atoms with Gasteiger partial charge < -0.3 is 15.2 Å². The number of rotatable bonds is 6. The number of aliphatic carboxylic acids is 1. The van der Waals surface area contributed by atoms with Crippen molar-refractivity contribution in [2.45, 2.75) is 45.3 Å². The van der Waals surface area contributed by atoms with E-state index in [9.17, 15) is 9.59 Å². The van der Waals surface area contributed by atoms with E-state index in [2.05, 4.69) is 10.3 Å². The topological polar surface area (TPSA) is 112 Å². The Bertz CT molecular complexity index is 587. The van der Waals surface area contributed by atoms with Crippen molar-refractivity contribution in [2.24, 2.45) is 0 Å². The van der Waals surface area contributed by atoms with Gasteiger partial charge >= 0.3 is 11.9 Å². The lowest BCUT2D eigenvalue weighted by Gasteiger charge is -2.24. The summed E-state index contributed by atoms with van der Waals surface area (Å²) in [5.74, 6) is -1.24. The molecule has 1 rings (SSSR count). The highest BCUT2D eigenvalue weighted by atomic mass is 16.6. The Morgan fingerprint density at radius 1 is 1.50 bits per heavy atom. The number of hydrogen-bond acceptors (Lipinski definition) is 6. The van der Waals surface area contributed by atoms with Crippen molar-refractivity contribution in [1.82, 2.24) is 4.98 Å². The van der Waals surface area contributed by atoms with Gasteiger partial charge in [-0.15, -0.1) is 0 Å². The van der Waals surface area contributed by atoms with E-state index < -0.39 is 23.6 Å². The van der Waals surface area contributed by atoms with Crippen LogP contribution in [-0.2, 0) is 14.3 Å². The van der Waals surface area contributed by atoms with E-state index in [4.69, 9.17) is 15.1 Å². The lowest BCUT2D eigenvalue weighted by atomic mass is 10.1. The molecule has 22 heavy (non-hydrogen) atoms. The van der Waals surface area contributed by atoms with Gasteiger partial charge in [0.05, 0.1) is 11.6 Å². The van der Waals surface area contributed by atoms with Crippen LogP contribution in [0.25, 0.3) is 0 Å². The summed E-state index contributed by atoms with van der Waals surface area (Å²) in [4.78, 5) is 26.9. The Kier molecular flexibility index (Phi) is 5.87. The quantitative estimate of drug-likeness (QED) is 0.772. The number of ether oxygens (including phenoxy) is 1. The minimum atomic E-state index is -1.01. The summed E-state index contributed by atoms with van der Waals surface area (Å²) < 4.78 is 5.27. The molecule has 1 aromatic heterocycles. The fourth-order valence-electron chi connectivity index (χ4n) is 1.65. The fourth-order valence-corrected chi connectivity index (χ4v) is 1.65. The normalized spacial score (nSPS) is 12.1. The Balaban J connectivity index is 2.87. The van der Waals surface area contributed by atoms with Gasteiger partial charge in [0.25, 0.3) is 0 Å². The van der Waals surface area contributed by atoms with Crippen molar-refractivity contribution in [2.75, 3.05) is 5.32 Å². The SMILES string of the molecule is CC(C)(C)OC(=O)[C@H](CCC(=O)O)Nc1cc(C#N)ccn1. The molecule has 0 radical (unpaired) electrons. The number of nitrogens with zero attached hydrogens (tertiary/aromatic N) is 2. The Labute approximate surface area is 128 Å². The van der Waals surface area contributed by atoms with Gasteiger partial charge in [0.2, 0.25) is 0 Å². The van der Waals surface area contributed by atoms with Crippen LogP contribution in [-0.4, -0.2) is 33.7 Å². The zero-order valence-electron chi connectivity index (χ0n) is 12.8. The number of esters is 1. The summed E-state index contributed by atoms with van der Waals surface area (Å²) >= 11 is 0. The van der Waals surface area contributed by atoms with Gasteiger partial charge in [-0.2, -0.15) is 5.26 Å². The van der Waals surface area contributed by atoms with Crippen molar-refractivity contribution in [1.29, 1.82) is 5.26 Å². The van der Waals surface area contributed by atoms with E-state index in [0.717, 1.165) is 0 Å². The molecule has 1 heterocycles. The van der Waals surface area contributed by atoms with E-state index in [-0.39, 0.29) is 12.8 Å². The molecule has 0 saturated heterocycles. The molecule has 0 bridgehead atoms. The number of nitrogens with one attached hydrogen (secondary N) is 1. The molecule has 0 aromatic carbocycles. The molecular formula is C15H19N3O4. The van der Waals surface area contributed by atoms with Crippen LogP contribution in [0.3, 0.4) is 0 Å². The fraction of sp³-hybridized carbons (Fsp3) is 0.467. The second-order valence-corrected chi connectivity index (χ2v) is 5.70. The second kappa shape index (κ2) is 7.41. The first-order valence-electron chi connectivity index (χ1n) is 6.78. The Morgan fingerprint density at radius 3 is 2.73 bits per heavy atom. The highest BCUT2D eigenvalue weighted by molar-refractivity contribution is 5.80. The molecule has 0 aliphatic carbocycles. The smallest absolute Gasteiger partial charge is 0.329 e. The largest absolute Gasteiger partial charge is 0.481 e. The van der Waals surface area contributed by atoms with Crippen LogP contribution in [0.1, 0.15) is 39.2 Å². The zero-order chi connectivity index (χ0) is 16.8. The van der Waals surface area contributed by atoms with Crippen molar-refractivity contribution >= 4 is 17.8 Å². The third-order valence-corrected chi connectivity index (χ3v) is 2.55. The number of carbonyl (C=O) groups is 2. The molecule has 2 N–H and O–H groups in total. The first-order chi connectivity index (χ1) is 10.2. The molecule has 0 amide bonds. The molecule has 7 heteroatoms. The number of carboxylic acids is 1. The highest BCUT2D eigenvalue weighted by Crippen LogP contribution is 2.15. The highest BCUT2D eigenvalue weighted by Gasteiger charge is 2.26. The number of hydrogen-bond donors (Lipinski definition) is 2. The summed E-state index contributed by atoms with van der Waals surface area (Å²) in [6, 6.07) is 4.13. The van der Waals surface area contributed by atoms with E-state index in [1.54, 1.807) is 20.8 Å². The summed E-state index contributed by atoms with van der Waals surface area (Å²) in [5.41, 5.74) is -0.291. The van der Waals surface area contributed by atoms with E-state index in [1.807, 2.05) is 6.07 Å². The van der Waals surface area contributed by atoms with Gasteiger partial charge in [-0.05, 0) is 39.3 Å². The van der Waals surface area contributed by atoms with E-state index >= 15 is 0 Å². The van der Waals surface area contributed by atoms with E-state index in [0.29, 0.717) is 11.4 Å². The molecule has 1 aromatic rings. The third kappa shape index (κ3) is 6.22. The second-order valence-electron chi connectivity index (χ2n) is 5.70. The van der Waals surface area contributed by atoms with Crippen molar-refractivity contribution in [3.8, 4) is 6.07 Å². The maximum absolute atomic E-state index is 12.2. The first-order valence-corrected chi connectivity index (χ1v) is 6.78. The molecule has 0 saturated carbocycles. The predicted molar refractivity (Wildman–Crippen MR) is 79.1 cm³/mol. The number of nitriles is 1. The van der Waals surface area contributed by atoms with Gasteiger partial charge in [0.1, 0.15) is 17.5 Å². The first kappa shape index (κ1) is 17.4. The molecule has 0 fully saturated rings. The van der Waals surface area contributed by atoms with Crippen LogP contribution in [0.15, 0.2) is 18.3 Å². The summed E-state index contributed by atoms with van der Waals surface area (Å²) in [7, 11) is 0. The standard InChI is InChI=1S/C15H19N3O4/c1-15(2,3)22-14(21)11(4-5-13(19)20)18-12-8-10(9-16)6-7-17-12/h6-8,11H,4-5H2,1-3H3,(H,17,18)(H,19,20)/t11-/m0/s1. The number of pyridine rings is 1. The molecule has 1 atom stereocenters. The van der Waals surface area contributed by atoms with Gasteiger partial charge in [-0.1, -0.05) is 0 Å². The van der Waals surface area contributed by atoms with Gasteiger partial charge in [-0.3, -0.25) is 4.79 Å². The van der Waals surface area contributed by atoms with Crippen LogP contribution in [0.4, 0.5) is 5.82 Å². The number of carboxylic acid groups (broad SMARTS) is 1. The summed E-state index contributed by atoms with van der Waals surface area (Å²) in [6.45, 7) is 5.19. The average molecular weight is 305 g/mol. The van der Waals surface area contributed by atoms with E-state index in [1.165, 1.54) is 18.3 Å². The molecule has 118 valence electrons. The summed E-state index contributed by atoms with van der Waals surface area (Å²) in [5, 5.41) is 20.5. The van der Waals surface area contributed by atoms with Crippen LogP contribution < -0.4 is 5.32 Å². The maximum atomic E-state index is 12.2. The van der Waals surface area contributed by atoms with Crippen LogP contribution >= 0.6 is 0 Å². The Hall–Kier alpha value is -2.62. The van der Waals surface area contributed by atoms with Crippen molar-refractivity contribution < 1.29 is 19.4 Å². The van der Waals surface area contributed by atoms with Gasteiger partial charge in [0, 0.05) is 12.6 Å². The minimum Gasteiger partial charge on any atom is -0.481 e. The summed E-state index contributed by atoms with van der Waals surface area (Å²) in [6.07, 6.45) is 1.31. The van der Waals surface area contributed by atoms with Crippen LogP contribution in [0.2, 0.25) is 0 Å². The third-order valence-electron chi connectivity index (χ3n) is 2.55. The lowest BCUT2D eigenvalue weighted by Crippen LogP contribution is -2.37.